The summed E-state index contributed by atoms with van der Waals surface area (Å²) in [5.41, 5.74) is 1.51. The Morgan fingerprint density at radius 3 is 2.00 bits per heavy atom. The third kappa shape index (κ3) is 2.95. The van der Waals surface area contributed by atoms with Crippen LogP contribution in [0, 0.1) is 0 Å². The van der Waals surface area contributed by atoms with E-state index in [9.17, 15) is 9.90 Å². The first-order chi connectivity index (χ1) is 8.88. The molecule has 0 fully saturated rings. The molecule has 1 aromatic carbocycles. The second-order valence-corrected chi connectivity index (χ2v) is 4.74. The van der Waals surface area contributed by atoms with Crippen LogP contribution in [0.25, 0.3) is 11.1 Å². The Kier molecular flexibility index (Phi) is 3.31. The first kappa shape index (κ1) is 13.2. The number of aliphatic hydroxyl groups is 1. The number of hydrogen-bond acceptors (Lipinski definition) is 4. The Morgan fingerprint density at radius 2 is 1.58 bits per heavy atom. The van der Waals surface area contributed by atoms with Crippen molar-refractivity contribution < 1.29 is 15.0 Å². The highest BCUT2D eigenvalue weighted by atomic mass is 16.4. The molecule has 98 valence electrons. The van der Waals surface area contributed by atoms with Crippen molar-refractivity contribution in [3.8, 4) is 11.1 Å². The van der Waals surface area contributed by atoms with Crippen molar-refractivity contribution in [2.24, 2.45) is 0 Å². The van der Waals surface area contributed by atoms with Crippen molar-refractivity contribution in [3.05, 3.63) is 48.0 Å². The lowest BCUT2D eigenvalue weighted by Gasteiger charge is -2.17. The molecule has 0 aliphatic heterocycles. The van der Waals surface area contributed by atoms with Gasteiger partial charge in [-0.05, 0) is 25.0 Å². The Labute approximate surface area is 110 Å². The fourth-order valence-electron chi connectivity index (χ4n) is 1.66. The number of nitrogens with zero attached hydrogens (tertiary/aromatic N) is 2. The number of carbonyl (C=O) groups is 1. The summed E-state index contributed by atoms with van der Waals surface area (Å²) in [6, 6.07) is 7.32. The number of rotatable bonds is 3. The number of hydrogen-bond donors (Lipinski definition) is 2. The lowest BCUT2D eigenvalue weighted by molar-refractivity contribution is 0.0683. The molecular weight excluding hydrogens is 244 g/mol. The van der Waals surface area contributed by atoms with Gasteiger partial charge < -0.3 is 10.2 Å². The van der Waals surface area contributed by atoms with Crippen LogP contribution in [0.4, 0.5) is 0 Å². The third-order valence-electron chi connectivity index (χ3n) is 2.77. The van der Waals surface area contributed by atoms with Crippen LogP contribution in [0.15, 0.2) is 36.7 Å². The van der Waals surface area contributed by atoms with E-state index in [1.807, 2.05) is 24.3 Å². The van der Waals surface area contributed by atoms with Crippen molar-refractivity contribution in [1.29, 1.82) is 0 Å². The van der Waals surface area contributed by atoms with Gasteiger partial charge in [0.25, 0.3) is 0 Å². The number of benzene rings is 1. The number of carboxylic acids is 1. The standard InChI is InChI=1S/C14H14N2O3/c1-14(2,19)11-5-3-9(4-6-11)10-7-15-12(13(17)18)16-8-10/h3-8,19H,1-2H3,(H,17,18). The number of aromatic carboxylic acids is 1. The summed E-state index contributed by atoms with van der Waals surface area (Å²) in [7, 11) is 0. The van der Waals surface area contributed by atoms with Gasteiger partial charge >= 0.3 is 5.97 Å². The van der Waals surface area contributed by atoms with Crippen LogP contribution in [0.2, 0.25) is 0 Å². The summed E-state index contributed by atoms with van der Waals surface area (Å²) < 4.78 is 0. The molecule has 19 heavy (non-hydrogen) atoms. The Balaban J connectivity index is 2.30. The molecule has 2 rings (SSSR count). The van der Waals surface area contributed by atoms with Crippen molar-refractivity contribution in [2.45, 2.75) is 19.4 Å². The second-order valence-electron chi connectivity index (χ2n) is 4.74. The topological polar surface area (TPSA) is 83.3 Å². The molecule has 0 spiro atoms. The predicted molar refractivity (Wildman–Crippen MR) is 69.7 cm³/mol. The molecule has 2 N–H and O–H groups in total. The van der Waals surface area contributed by atoms with Crippen molar-refractivity contribution in [3.63, 3.8) is 0 Å². The highest BCUT2D eigenvalue weighted by Gasteiger charge is 2.15. The minimum absolute atomic E-state index is 0.225. The second kappa shape index (κ2) is 4.78. The van der Waals surface area contributed by atoms with Gasteiger partial charge in [0.1, 0.15) is 0 Å². The number of aromatic nitrogens is 2. The van der Waals surface area contributed by atoms with Gasteiger partial charge in [0.05, 0.1) is 5.60 Å². The molecule has 0 saturated heterocycles. The summed E-state index contributed by atoms with van der Waals surface area (Å²) in [5.74, 6) is -1.37. The average molecular weight is 258 g/mol. The minimum Gasteiger partial charge on any atom is -0.475 e. The quantitative estimate of drug-likeness (QED) is 0.880. The summed E-state index contributed by atoms with van der Waals surface area (Å²) in [6.45, 7) is 3.43. The molecular formula is C14H14N2O3. The molecule has 0 radical (unpaired) electrons. The van der Waals surface area contributed by atoms with Gasteiger partial charge in [-0.15, -0.1) is 0 Å². The summed E-state index contributed by atoms with van der Waals surface area (Å²) in [4.78, 5) is 18.2. The predicted octanol–water partition coefficient (Wildman–Crippen LogP) is 2.07. The maximum Gasteiger partial charge on any atom is 0.373 e. The van der Waals surface area contributed by atoms with Crippen LogP contribution in [0.5, 0.6) is 0 Å². The molecule has 1 heterocycles. The van der Waals surface area contributed by atoms with Gasteiger partial charge in [-0.2, -0.15) is 0 Å². The van der Waals surface area contributed by atoms with Gasteiger partial charge in [0.15, 0.2) is 0 Å². The fraction of sp³-hybridized carbons (Fsp3) is 0.214. The molecule has 0 bridgehead atoms. The van der Waals surface area contributed by atoms with E-state index in [1.165, 1.54) is 12.4 Å². The fourth-order valence-corrected chi connectivity index (χ4v) is 1.66. The van der Waals surface area contributed by atoms with E-state index >= 15 is 0 Å². The van der Waals surface area contributed by atoms with Gasteiger partial charge in [0.2, 0.25) is 5.82 Å². The van der Waals surface area contributed by atoms with Crippen LogP contribution in [-0.2, 0) is 5.60 Å². The van der Waals surface area contributed by atoms with E-state index in [0.29, 0.717) is 0 Å². The summed E-state index contributed by atoms with van der Waals surface area (Å²) in [5, 5.41) is 18.6. The van der Waals surface area contributed by atoms with E-state index < -0.39 is 11.6 Å². The first-order valence-corrected chi connectivity index (χ1v) is 5.76. The van der Waals surface area contributed by atoms with E-state index in [1.54, 1.807) is 13.8 Å². The van der Waals surface area contributed by atoms with E-state index in [4.69, 9.17) is 5.11 Å². The van der Waals surface area contributed by atoms with Crippen molar-refractivity contribution in [2.75, 3.05) is 0 Å². The van der Waals surface area contributed by atoms with E-state index in [-0.39, 0.29) is 5.82 Å². The monoisotopic (exact) mass is 258 g/mol. The Morgan fingerprint density at radius 1 is 1.05 bits per heavy atom. The SMILES string of the molecule is CC(C)(O)c1ccc(-c2cnc(C(=O)O)nc2)cc1. The highest BCUT2D eigenvalue weighted by molar-refractivity contribution is 5.83. The van der Waals surface area contributed by atoms with Gasteiger partial charge in [-0.25, -0.2) is 14.8 Å². The molecule has 0 amide bonds. The third-order valence-corrected chi connectivity index (χ3v) is 2.77. The average Bonchev–Trinajstić information content (AvgIpc) is 2.38. The molecule has 0 atom stereocenters. The zero-order valence-electron chi connectivity index (χ0n) is 10.7. The van der Waals surface area contributed by atoms with Crippen LogP contribution in [0.1, 0.15) is 30.0 Å². The maximum absolute atomic E-state index is 10.7. The zero-order valence-corrected chi connectivity index (χ0v) is 10.7. The molecule has 0 aliphatic carbocycles. The van der Waals surface area contributed by atoms with E-state index in [2.05, 4.69) is 9.97 Å². The van der Waals surface area contributed by atoms with Crippen LogP contribution >= 0.6 is 0 Å². The lowest BCUT2D eigenvalue weighted by Crippen LogP contribution is -2.14. The highest BCUT2D eigenvalue weighted by Crippen LogP contribution is 2.23. The van der Waals surface area contributed by atoms with Crippen molar-refractivity contribution in [1.82, 2.24) is 9.97 Å². The first-order valence-electron chi connectivity index (χ1n) is 5.76. The van der Waals surface area contributed by atoms with Crippen LogP contribution in [0.3, 0.4) is 0 Å². The Bertz CT molecular complexity index is 584. The molecule has 0 saturated carbocycles. The van der Waals surface area contributed by atoms with Gasteiger partial charge in [-0.1, -0.05) is 24.3 Å². The molecule has 1 aromatic heterocycles. The molecule has 0 unspecified atom stereocenters. The van der Waals surface area contributed by atoms with E-state index in [0.717, 1.165) is 16.7 Å². The van der Waals surface area contributed by atoms with Crippen molar-refractivity contribution >= 4 is 5.97 Å². The molecule has 5 heteroatoms. The molecule has 5 nitrogen and oxygen atoms in total. The molecule has 2 aromatic rings. The van der Waals surface area contributed by atoms with Crippen LogP contribution < -0.4 is 0 Å². The lowest BCUT2D eigenvalue weighted by atomic mass is 9.96. The zero-order chi connectivity index (χ0) is 14.0. The normalized spacial score (nSPS) is 11.3. The van der Waals surface area contributed by atoms with Crippen LogP contribution in [-0.4, -0.2) is 26.2 Å². The summed E-state index contributed by atoms with van der Waals surface area (Å²) >= 11 is 0. The minimum atomic E-state index is -1.15. The largest absolute Gasteiger partial charge is 0.475 e. The van der Waals surface area contributed by atoms with Gasteiger partial charge in [0, 0.05) is 18.0 Å². The van der Waals surface area contributed by atoms with Gasteiger partial charge in [-0.3, -0.25) is 0 Å². The molecule has 0 aliphatic rings. The smallest absolute Gasteiger partial charge is 0.373 e. The summed E-state index contributed by atoms with van der Waals surface area (Å²) in [6.07, 6.45) is 2.94. The maximum atomic E-state index is 10.7. The number of carboxylic acid groups (broad SMARTS) is 1. The Hall–Kier alpha value is -2.27.